The molecule has 0 fully saturated rings. The molecule has 1 aliphatic heterocycles. The molecular formula is C44H48N2. The van der Waals surface area contributed by atoms with Crippen molar-refractivity contribution in [3.05, 3.63) is 111 Å². The van der Waals surface area contributed by atoms with Gasteiger partial charge in [-0.2, -0.15) is 0 Å². The van der Waals surface area contributed by atoms with Crippen molar-refractivity contribution in [1.29, 1.82) is 0 Å². The van der Waals surface area contributed by atoms with Gasteiger partial charge in [0.1, 0.15) is 0 Å². The molecule has 8 bridgehead atoms. The van der Waals surface area contributed by atoms with Crippen LogP contribution in [0.3, 0.4) is 0 Å². The van der Waals surface area contributed by atoms with Crippen LogP contribution in [-0.2, 0) is 16.2 Å². The highest BCUT2D eigenvalue weighted by molar-refractivity contribution is 6.14. The highest BCUT2D eigenvalue weighted by atomic mass is 14.8. The molecule has 0 saturated carbocycles. The Morgan fingerprint density at radius 2 is 1.04 bits per heavy atom. The van der Waals surface area contributed by atoms with Crippen molar-refractivity contribution in [1.82, 2.24) is 9.97 Å². The average molecular weight is 605 g/mol. The number of nitrogens with one attached hydrogen (secondary N) is 1. The van der Waals surface area contributed by atoms with Crippen molar-refractivity contribution in [3.8, 4) is 33.5 Å². The molecular weight excluding hydrogens is 556 g/mol. The predicted octanol–water partition coefficient (Wildman–Crippen LogP) is 12.2. The Morgan fingerprint density at radius 3 is 1.63 bits per heavy atom. The van der Waals surface area contributed by atoms with Gasteiger partial charge < -0.3 is 4.98 Å². The molecule has 4 aromatic carbocycles. The zero-order chi connectivity index (χ0) is 33.1. The largest absolute Gasteiger partial charge is 0.354 e. The number of aryl methyl sites for hydroxylation is 4. The molecule has 0 amide bonds. The molecule has 2 nitrogen and oxygen atoms in total. The molecule has 234 valence electrons. The molecule has 0 unspecified atom stereocenters. The smallest absolute Gasteiger partial charge is 0.0708 e. The van der Waals surface area contributed by atoms with Crippen molar-refractivity contribution in [3.63, 3.8) is 0 Å². The van der Waals surface area contributed by atoms with Gasteiger partial charge in [0.05, 0.1) is 22.4 Å². The van der Waals surface area contributed by atoms with E-state index < -0.39 is 0 Å². The highest BCUT2D eigenvalue weighted by Crippen LogP contribution is 2.46. The van der Waals surface area contributed by atoms with Crippen LogP contribution in [0, 0.1) is 27.7 Å². The summed E-state index contributed by atoms with van der Waals surface area (Å²) in [5.74, 6) is 0. The average Bonchev–Trinajstić information content (AvgIpc) is 3.34. The summed E-state index contributed by atoms with van der Waals surface area (Å²) in [5.41, 5.74) is 19.6. The molecule has 7 rings (SSSR count). The van der Waals surface area contributed by atoms with E-state index in [2.05, 4.69) is 155 Å². The van der Waals surface area contributed by atoms with Gasteiger partial charge in [-0.05, 0) is 137 Å². The van der Waals surface area contributed by atoms with Gasteiger partial charge in [0.2, 0.25) is 0 Å². The lowest BCUT2D eigenvalue weighted by Gasteiger charge is -2.29. The molecule has 0 saturated heterocycles. The SMILES string of the molecule is Cc1cc(C)c2cc1-c1cccc(n1)C(C)(C)c1cc(C(C)(C)C)cc3c1[nH]c1c(cc(C(C)(C)C)cc13)-c1cc-2c(C)cc1C. The summed E-state index contributed by atoms with van der Waals surface area (Å²) in [6.07, 6.45) is 0. The van der Waals surface area contributed by atoms with Crippen LogP contribution in [0.5, 0.6) is 0 Å². The van der Waals surface area contributed by atoms with E-state index in [1.54, 1.807) is 0 Å². The van der Waals surface area contributed by atoms with Crippen molar-refractivity contribution in [2.24, 2.45) is 0 Å². The fraction of sp³-hybridized carbons (Fsp3) is 0.341. The first-order valence-corrected chi connectivity index (χ1v) is 16.8. The minimum absolute atomic E-state index is 0.00859. The first-order chi connectivity index (χ1) is 21.4. The zero-order valence-corrected chi connectivity index (χ0v) is 29.8. The van der Waals surface area contributed by atoms with E-state index in [-0.39, 0.29) is 16.2 Å². The van der Waals surface area contributed by atoms with Gasteiger partial charge in [0.15, 0.2) is 0 Å². The van der Waals surface area contributed by atoms with Crippen LogP contribution in [0.25, 0.3) is 55.3 Å². The zero-order valence-electron chi connectivity index (χ0n) is 29.8. The van der Waals surface area contributed by atoms with E-state index in [0.29, 0.717) is 0 Å². The third kappa shape index (κ3) is 4.63. The number of aromatic amines is 1. The first-order valence-electron chi connectivity index (χ1n) is 16.8. The number of rotatable bonds is 0. The Labute approximate surface area is 275 Å². The Morgan fingerprint density at radius 1 is 0.543 bits per heavy atom. The summed E-state index contributed by atoms with van der Waals surface area (Å²) < 4.78 is 0. The standard InChI is InChI=1S/C44H48N2/c1-24-16-26(3)32-22-30(24)31-23-33(27(4)17-25(31)2)38-14-13-15-39(45-38)44(11,12)37-21-29(43(8,9)10)20-36-35-19-28(42(5,6)7)18-34(32)40(35)46-41(36)37/h13-23,46H,1-12H3. The number of pyridine rings is 1. The second kappa shape index (κ2) is 9.91. The molecule has 0 radical (unpaired) electrons. The maximum atomic E-state index is 5.45. The quantitative estimate of drug-likeness (QED) is 0.184. The summed E-state index contributed by atoms with van der Waals surface area (Å²) in [5, 5.41) is 2.59. The molecule has 46 heavy (non-hydrogen) atoms. The van der Waals surface area contributed by atoms with E-state index in [9.17, 15) is 0 Å². The lowest BCUT2D eigenvalue weighted by Crippen LogP contribution is -2.23. The van der Waals surface area contributed by atoms with Crippen LogP contribution in [0.4, 0.5) is 0 Å². The normalized spacial score (nSPS) is 14.3. The lowest BCUT2D eigenvalue weighted by atomic mass is 9.76. The number of hydrogen-bond acceptors (Lipinski definition) is 1. The van der Waals surface area contributed by atoms with E-state index >= 15 is 0 Å². The van der Waals surface area contributed by atoms with Crippen LogP contribution < -0.4 is 0 Å². The molecule has 3 heterocycles. The Balaban J connectivity index is 1.75. The fourth-order valence-corrected chi connectivity index (χ4v) is 7.60. The predicted molar refractivity (Wildman–Crippen MR) is 198 cm³/mol. The van der Waals surface area contributed by atoms with E-state index in [1.807, 2.05) is 0 Å². The second-order valence-electron chi connectivity index (χ2n) is 16.5. The first kappa shape index (κ1) is 30.5. The van der Waals surface area contributed by atoms with E-state index in [4.69, 9.17) is 4.98 Å². The Kier molecular flexibility index (Phi) is 6.57. The molecule has 0 aliphatic carbocycles. The van der Waals surface area contributed by atoms with Gasteiger partial charge in [0.25, 0.3) is 0 Å². The fourth-order valence-electron chi connectivity index (χ4n) is 7.60. The van der Waals surface area contributed by atoms with Gasteiger partial charge in [-0.25, -0.2) is 0 Å². The minimum atomic E-state index is -0.352. The minimum Gasteiger partial charge on any atom is -0.354 e. The van der Waals surface area contributed by atoms with E-state index in [1.165, 1.54) is 88.6 Å². The molecule has 6 aromatic rings. The summed E-state index contributed by atoms with van der Waals surface area (Å²) in [7, 11) is 0. The number of benzene rings is 4. The topological polar surface area (TPSA) is 28.7 Å². The van der Waals surface area contributed by atoms with E-state index in [0.717, 1.165) is 11.4 Å². The summed E-state index contributed by atoms with van der Waals surface area (Å²) in [4.78, 5) is 9.50. The van der Waals surface area contributed by atoms with Gasteiger partial charge >= 0.3 is 0 Å². The van der Waals surface area contributed by atoms with Crippen molar-refractivity contribution >= 4 is 21.8 Å². The number of aromatic nitrogens is 2. The van der Waals surface area contributed by atoms with Crippen molar-refractivity contribution in [2.45, 2.75) is 99.3 Å². The monoisotopic (exact) mass is 604 g/mol. The van der Waals surface area contributed by atoms with Crippen LogP contribution in [0.1, 0.15) is 100 Å². The van der Waals surface area contributed by atoms with Crippen LogP contribution in [-0.4, -0.2) is 9.97 Å². The van der Waals surface area contributed by atoms with Gasteiger partial charge in [-0.3, -0.25) is 4.98 Å². The van der Waals surface area contributed by atoms with Gasteiger partial charge in [-0.15, -0.1) is 0 Å². The maximum absolute atomic E-state index is 5.45. The number of H-pyrrole nitrogens is 1. The van der Waals surface area contributed by atoms with Crippen molar-refractivity contribution < 1.29 is 0 Å². The number of hydrogen-bond donors (Lipinski definition) is 1. The number of nitrogens with zero attached hydrogens (tertiary/aromatic N) is 1. The molecule has 0 spiro atoms. The summed E-state index contributed by atoms with van der Waals surface area (Å²) >= 11 is 0. The molecule has 0 atom stereocenters. The molecule has 1 N–H and O–H groups in total. The third-order valence-electron chi connectivity index (χ3n) is 10.6. The molecule has 1 aliphatic rings. The highest BCUT2D eigenvalue weighted by Gasteiger charge is 2.32. The number of fused-ring (bicyclic) bond motifs is 10. The Hall–Kier alpha value is -4.17. The van der Waals surface area contributed by atoms with Crippen LogP contribution in [0.2, 0.25) is 0 Å². The lowest BCUT2D eigenvalue weighted by molar-refractivity contribution is 0.581. The van der Waals surface area contributed by atoms with Gasteiger partial charge in [0, 0.05) is 27.3 Å². The van der Waals surface area contributed by atoms with Crippen LogP contribution >= 0.6 is 0 Å². The van der Waals surface area contributed by atoms with Gasteiger partial charge in [-0.1, -0.05) is 79.7 Å². The Bertz CT molecular complexity index is 2220. The summed E-state index contributed by atoms with van der Waals surface area (Å²) in [6.45, 7) is 27.6. The molecule has 2 aromatic heterocycles. The molecule has 2 heteroatoms. The van der Waals surface area contributed by atoms with Crippen LogP contribution in [0.15, 0.2) is 66.7 Å². The second-order valence-corrected chi connectivity index (χ2v) is 16.5. The summed E-state index contributed by atoms with van der Waals surface area (Å²) in [6, 6.07) is 25.9. The van der Waals surface area contributed by atoms with Crippen molar-refractivity contribution in [2.75, 3.05) is 0 Å². The maximum Gasteiger partial charge on any atom is 0.0708 e. The third-order valence-corrected chi connectivity index (χ3v) is 10.6.